The summed E-state index contributed by atoms with van der Waals surface area (Å²) in [5.41, 5.74) is 0. The predicted molar refractivity (Wildman–Crippen MR) is 95.5 cm³/mol. The first-order chi connectivity index (χ1) is 11.1. The Morgan fingerprint density at radius 2 is 1.87 bits per heavy atom. The molecule has 0 amide bonds. The van der Waals surface area contributed by atoms with Crippen LogP contribution in [0.5, 0.6) is 0 Å². The van der Waals surface area contributed by atoms with Crippen LogP contribution in [0, 0.1) is 0 Å². The molecular formula is C16H19NO3S3. The number of thioether (sulfide) groups is 2. The van der Waals surface area contributed by atoms with E-state index in [1.807, 2.05) is 36.0 Å². The first-order valence-electron chi connectivity index (χ1n) is 7.49. The van der Waals surface area contributed by atoms with E-state index in [-0.39, 0.29) is 5.25 Å². The molecule has 0 aliphatic carbocycles. The van der Waals surface area contributed by atoms with Gasteiger partial charge in [-0.3, -0.25) is 10.3 Å². The van der Waals surface area contributed by atoms with Crippen LogP contribution in [0.15, 0.2) is 57.3 Å². The molecule has 0 bridgehead atoms. The van der Waals surface area contributed by atoms with Crippen LogP contribution in [0.1, 0.15) is 12.8 Å². The summed E-state index contributed by atoms with van der Waals surface area (Å²) >= 11 is 3.39. The van der Waals surface area contributed by atoms with Crippen molar-refractivity contribution in [3.63, 3.8) is 0 Å². The maximum absolute atomic E-state index is 12.7. The number of rotatable bonds is 4. The molecule has 3 rings (SSSR count). The summed E-state index contributed by atoms with van der Waals surface area (Å²) in [6.07, 6.45) is 6.87. The van der Waals surface area contributed by atoms with Gasteiger partial charge < -0.3 is 0 Å². The lowest BCUT2D eigenvalue weighted by Gasteiger charge is -2.21. The van der Waals surface area contributed by atoms with Gasteiger partial charge in [-0.25, -0.2) is 8.42 Å². The van der Waals surface area contributed by atoms with Gasteiger partial charge in [0.15, 0.2) is 9.84 Å². The fourth-order valence-electron chi connectivity index (χ4n) is 2.56. The molecule has 1 aromatic carbocycles. The maximum atomic E-state index is 12.7. The van der Waals surface area contributed by atoms with Crippen LogP contribution < -0.4 is 0 Å². The minimum absolute atomic E-state index is 0.234. The van der Waals surface area contributed by atoms with Crippen molar-refractivity contribution in [1.29, 1.82) is 0 Å². The average molecular weight is 370 g/mol. The van der Waals surface area contributed by atoms with E-state index in [4.69, 9.17) is 0 Å². The molecular weight excluding hydrogens is 350 g/mol. The van der Waals surface area contributed by atoms with Crippen molar-refractivity contribution in [2.75, 3.05) is 18.1 Å². The third kappa shape index (κ3) is 4.15. The SMILES string of the molecule is O=S(=O)(c1ccc(SC2=CCN(O)C=C2)cc1)C1CCSCC1. The number of hydrogen-bond donors (Lipinski definition) is 1. The number of hydrogen-bond acceptors (Lipinski definition) is 6. The van der Waals surface area contributed by atoms with Crippen LogP contribution in [-0.4, -0.2) is 42.0 Å². The standard InChI is InChI=1S/C16H19NO3S3/c18-17-9-5-14(6-10-17)22-13-1-3-15(4-2-13)23(19,20)16-7-11-21-12-8-16/h1-6,9,16,18H,7-8,10-12H2. The summed E-state index contributed by atoms with van der Waals surface area (Å²) in [6, 6.07) is 7.14. The summed E-state index contributed by atoms with van der Waals surface area (Å²) in [5.74, 6) is 1.86. The minimum Gasteiger partial charge on any atom is -0.289 e. The highest BCUT2D eigenvalue weighted by molar-refractivity contribution is 8.03. The number of nitrogens with zero attached hydrogens (tertiary/aromatic N) is 1. The largest absolute Gasteiger partial charge is 0.289 e. The van der Waals surface area contributed by atoms with Gasteiger partial charge in [0.2, 0.25) is 0 Å². The molecule has 0 saturated carbocycles. The predicted octanol–water partition coefficient (Wildman–Crippen LogP) is 3.55. The van der Waals surface area contributed by atoms with Gasteiger partial charge in [0.05, 0.1) is 16.7 Å². The van der Waals surface area contributed by atoms with E-state index in [0.29, 0.717) is 11.4 Å². The third-order valence-corrected chi connectivity index (χ3v) is 8.26. The van der Waals surface area contributed by atoms with Crippen LogP contribution in [0.3, 0.4) is 0 Å². The normalized spacial score (nSPS) is 19.7. The van der Waals surface area contributed by atoms with Crippen LogP contribution in [0.25, 0.3) is 0 Å². The van der Waals surface area contributed by atoms with Gasteiger partial charge in [-0.05, 0) is 60.8 Å². The van der Waals surface area contributed by atoms with Gasteiger partial charge in [0.25, 0.3) is 0 Å². The van der Waals surface area contributed by atoms with Crippen LogP contribution in [0.4, 0.5) is 0 Å². The Kier molecular flexibility index (Phi) is 5.41. The minimum atomic E-state index is -3.21. The zero-order chi connectivity index (χ0) is 16.3. The number of allylic oxidation sites excluding steroid dienone is 1. The van der Waals surface area contributed by atoms with Gasteiger partial charge in [-0.15, -0.1) is 0 Å². The first-order valence-corrected chi connectivity index (χ1v) is 11.0. The molecule has 23 heavy (non-hydrogen) atoms. The Bertz CT molecular complexity index is 705. The van der Waals surface area contributed by atoms with E-state index in [1.165, 1.54) is 0 Å². The second-order valence-electron chi connectivity index (χ2n) is 5.47. The van der Waals surface area contributed by atoms with Crippen LogP contribution in [-0.2, 0) is 9.84 Å². The molecule has 7 heteroatoms. The molecule has 0 unspecified atom stereocenters. The Morgan fingerprint density at radius 3 is 2.48 bits per heavy atom. The quantitative estimate of drug-likeness (QED) is 0.876. The molecule has 0 radical (unpaired) electrons. The molecule has 1 aromatic rings. The van der Waals surface area contributed by atoms with Gasteiger partial charge >= 0.3 is 0 Å². The van der Waals surface area contributed by atoms with Crippen LogP contribution >= 0.6 is 23.5 Å². The second kappa shape index (κ2) is 7.34. The Hall–Kier alpha value is -0.890. The summed E-state index contributed by atoms with van der Waals surface area (Å²) in [4.78, 5) is 2.45. The second-order valence-corrected chi connectivity index (χ2v) is 10.1. The summed E-state index contributed by atoms with van der Waals surface area (Å²) < 4.78 is 25.3. The summed E-state index contributed by atoms with van der Waals surface area (Å²) in [5, 5.41) is 10.1. The van der Waals surface area contributed by atoms with Crippen molar-refractivity contribution in [2.24, 2.45) is 0 Å². The Labute approximate surface area is 145 Å². The van der Waals surface area contributed by atoms with E-state index in [2.05, 4.69) is 0 Å². The zero-order valence-electron chi connectivity index (χ0n) is 12.6. The van der Waals surface area contributed by atoms with Gasteiger partial charge in [0.1, 0.15) is 0 Å². The highest BCUT2D eigenvalue weighted by Gasteiger charge is 2.28. The molecule has 1 saturated heterocycles. The molecule has 4 nitrogen and oxygen atoms in total. The molecule has 1 N–H and O–H groups in total. The van der Waals surface area contributed by atoms with E-state index in [0.717, 1.165) is 39.2 Å². The zero-order valence-corrected chi connectivity index (χ0v) is 15.0. The lowest BCUT2D eigenvalue weighted by Crippen LogP contribution is -2.25. The molecule has 2 aliphatic rings. The van der Waals surface area contributed by atoms with E-state index < -0.39 is 9.84 Å². The highest BCUT2D eigenvalue weighted by atomic mass is 32.2. The smallest absolute Gasteiger partial charge is 0.181 e. The van der Waals surface area contributed by atoms with Crippen molar-refractivity contribution >= 4 is 33.4 Å². The fraction of sp³-hybridized carbons (Fsp3) is 0.375. The molecule has 2 heterocycles. The molecule has 124 valence electrons. The van der Waals surface area contributed by atoms with Crippen molar-refractivity contribution < 1.29 is 13.6 Å². The lowest BCUT2D eigenvalue weighted by molar-refractivity contribution is -0.0303. The molecule has 2 aliphatic heterocycles. The summed E-state index contributed by atoms with van der Waals surface area (Å²) in [6.45, 7) is 0.463. The Balaban J connectivity index is 1.70. The van der Waals surface area contributed by atoms with Crippen molar-refractivity contribution in [3.05, 3.63) is 47.5 Å². The topological polar surface area (TPSA) is 57.6 Å². The van der Waals surface area contributed by atoms with Gasteiger partial charge in [-0.2, -0.15) is 11.8 Å². The number of benzene rings is 1. The average Bonchev–Trinajstić information content (AvgIpc) is 2.58. The first kappa shape index (κ1) is 17.0. The van der Waals surface area contributed by atoms with Crippen molar-refractivity contribution in [3.8, 4) is 0 Å². The van der Waals surface area contributed by atoms with E-state index in [1.54, 1.807) is 30.1 Å². The molecule has 1 fully saturated rings. The van der Waals surface area contributed by atoms with Crippen LogP contribution in [0.2, 0.25) is 0 Å². The molecule has 0 spiro atoms. The fourth-order valence-corrected chi connectivity index (χ4v) is 6.55. The monoisotopic (exact) mass is 369 g/mol. The van der Waals surface area contributed by atoms with E-state index in [9.17, 15) is 13.6 Å². The Morgan fingerprint density at radius 1 is 1.17 bits per heavy atom. The highest BCUT2D eigenvalue weighted by Crippen LogP contribution is 2.32. The van der Waals surface area contributed by atoms with Gasteiger partial charge in [-0.1, -0.05) is 11.8 Å². The lowest BCUT2D eigenvalue weighted by atomic mass is 10.2. The molecule has 0 atom stereocenters. The molecule has 0 aromatic heterocycles. The number of hydroxylamine groups is 2. The van der Waals surface area contributed by atoms with E-state index >= 15 is 0 Å². The van der Waals surface area contributed by atoms with Crippen molar-refractivity contribution in [1.82, 2.24) is 5.06 Å². The van der Waals surface area contributed by atoms with Gasteiger partial charge in [0, 0.05) is 16.0 Å². The number of sulfone groups is 1. The summed E-state index contributed by atoms with van der Waals surface area (Å²) in [7, 11) is -3.21. The third-order valence-electron chi connectivity index (χ3n) is 3.89. The maximum Gasteiger partial charge on any atom is 0.181 e. The van der Waals surface area contributed by atoms with Crippen molar-refractivity contribution in [2.45, 2.75) is 27.9 Å².